The fourth-order valence-corrected chi connectivity index (χ4v) is 2.73. The van der Waals surface area contributed by atoms with E-state index in [0.717, 1.165) is 5.56 Å². The molecule has 18 heavy (non-hydrogen) atoms. The highest BCUT2D eigenvalue weighted by atomic mass is 32.2. The number of nitrogens with zero attached hydrogens (tertiary/aromatic N) is 1. The number of nitrogens with two attached hydrogens (primary N) is 2. The monoisotopic (exact) mass is 269 g/mol. The van der Waals surface area contributed by atoms with Crippen LogP contribution in [0, 0.1) is 0 Å². The van der Waals surface area contributed by atoms with Gasteiger partial charge in [0.2, 0.25) is 15.9 Å². The van der Waals surface area contributed by atoms with E-state index in [9.17, 15) is 13.2 Å². The Bertz CT molecular complexity index is 571. The molecule has 6 nitrogen and oxygen atoms in total. The molecule has 4 N–H and O–H groups in total. The maximum absolute atomic E-state index is 11.8. The van der Waals surface area contributed by atoms with Gasteiger partial charge in [-0.05, 0) is 17.7 Å². The number of hydrogen-bond acceptors (Lipinski definition) is 4. The standard InChI is InChI=1S/C11H15N3O3S/c12-6-8-2-1-3-9(4-8)14-7-10(5-11(14)15)18(13,16)17/h1-4,10H,5-7,12H2,(H2,13,16,17). The molecule has 1 unspecified atom stereocenters. The maximum Gasteiger partial charge on any atom is 0.228 e. The van der Waals surface area contributed by atoms with Crippen LogP contribution >= 0.6 is 0 Å². The van der Waals surface area contributed by atoms with Gasteiger partial charge >= 0.3 is 0 Å². The zero-order valence-corrected chi connectivity index (χ0v) is 10.6. The molecule has 2 rings (SSSR count). The van der Waals surface area contributed by atoms with E-state index < -0.39 is 15.3 Å². The van der Waals surface area contributed by atoms with Crippen molar-refractivity contribution in [1.82, 2.24) is 0 Å². The van der Waals surface area contributed by atoms with Crippen molar-refractivity contribution in [3.63, 3.8) is 0 Å². The van der Waals surface area contributed by atoms with Gasteiger partial charge in [0.05, 0.1) is 0 Å². The summed E-state index contributed by atoms with van der Waals surface area (Å²) in [5.41, 5.74) is 7.08. The summed E-state index contributed by atoms with van der Waals surface area (Å²) >= 11 is 0. The summed E-state index contributed by atoms with van der Waals surface area (Å²) in [5, 5.41) is 4.25. The van der Waals surface area contributed by atoms with Crippen LogP contribution in [0.5, 0.6) is 0 Å². The lowest BCUT2D eigenvalue weighted by atomic mass is 10.2. The molecular weight excluding hydrogens is 254 g/mol. The van der Waals surface area contributed by atoms with Crippen molar-refractivity contribution in [2.24, 2.45) is 10.9 Å². The minimum Gasteiger partial charge on any atom is -0.326 e. The van der Waals surface area contributed by atoms with Crippen LogP contribution < -0.4 is 15.8 Å². The Hall–Kier alpha value is -1.44. The molecule has 1 aromatic carbocycles. The number of rotatable bonds is 3. The van der Waals surface area contributed by atoms with Gasteiger partial charge in [-0.15, -0.1) is 0 Å². The molecule has 0 spiro atoms. The first kappa shape index (κ1) is 13.0. The Kier molecular flexibility index (Phi) is 3.38. The van der Waals surface area contributed by atoms with Crippen LogP contribution in [0.1, 0.15) is 12.0 Å². The molecule has 0 saturated carbocycles. The summed E-state index contributed by atoms with van der Waals surface area (Å²) in [6.07, 6.45) is -0.0638. The number of sulfonamides is 1. The van der Waals surface area contributed by atoms with Crippen molar-refractivity contribution in [3.8, 4) is 0 Å². The second-order valence-electron chi connectivity index (χ2n) is 4.29. The van der Waals surface area contributed by atoms with Gasteiger partial charge in [-0.1, -0.05) is 12.1 Å². The van der Waals surface area contributed by atoms with Crippen molar-refractivity contribution >= 4 is 21.6 Å². The van der Waals surface area contributed by atoms with E-state index in [2.05, 4.69) is 0 Å². The molecule has 0 aromatic heterocycles. The zero-order chi connectivity index (χ0) is 13.3. The van der Waals surface area contributed by atoms with Gasteiger partial charge < -0.3 is 10.6 Å². The minimum absolute atomic E-state index is 0.0638. The van der Waals surface area contributed by atoms with E-state index in [4.69, 9.17) is 10.9 Å². The summed E-state index contributed by atoms with van der Waals surface area (Å²) < 4.78 is 22.5. The molecule has 1 heterocycles. The summed E-state index contributed by atoms with van der Waals surface area (Å²) in [6.45, 7) is 0.472. The Morgan fingerprint density at radius 3 is 2.67 bits per heavy atom. The third-order valence-corrected chi connectivity index (χ3v) is 4.26. The van der Waals surface area contributed by atoms with E-state index >= 15 is 0 Å². The summed E-state index contributed by atoms with van der Waals surface area (Å²) in [7, 11) is -3.68. The van der Waals surface area contributed by atoms with Crippen molar-refractivity contribution in [3.05, 3.63) is 29.8 Å². The van der Waals surface area contributed by atoms with Crippen LogP contribution in [0.4, 0.5) is 5.69 Å². The lowest BCUT2D eigenvalue weighted by Gasteiger charge is -2.17. The van der Waals surface area contributed by atoms with Gasteiger partial charge in [-0.2, -0.15) is 0 Å². The maximum atomic E-state index is 11.8. The molecule has 98 valence electrons. The van der Waals surface area contributed by atoms with Gasteiger partial charge in [0.25, 0.3) is 0 Å². The largest absolute Gasteiger partial charge is 0.326 e. The van der Waals surface area contributed by atoms with Crippen LogP contribution in [0.3, 0.4) is 0 Å². The molecule has 1 amide bonds. The second kappa shape index (κ2) is 4.68. The fraction of sp³-hybridized carbons (Fsp3) is 0.364. The molecule has 7 heteroatoms. The van der Waals surface area contributed by atoms with Gasteiger partial charge in [-0.3, -0.25) is 4.79 Å². The van der Waals surface area contributed by atoms with E-state index in [1.165, 1.54) is 4.90 Å². The van der Waals surface area contributed by atoms with E-state index in [1.54, 1.807) is 18.2 Å². The summed E-state index contributed by atoms with van der Waals surface area (Å²) in [6, 6.07) is 7.17. The van der Waals surface area contributed by atoms with Crippen molar-refractivity contribution in [1.29, 1.82) is 0 Å². The first-order valence-corrected chi connectivity index (χ1v) is 7.13. The molecule has 1 aliphatic heterocycles. The third-order valence-electron chi connectivity index (χ3n) is 3.01. The molecule has 1 fully saturated rings. The second-order valence-corrected chi connectivity index (χ2v) is 6.14. The Morgan fingerprint density at radius 1 is 1.39 bits per heavy atom. The van der Waals surface area contributed by atoms with Crippen LogP contribution in [0.15, 0.2) is 24.3 Å². The lowest BCUT2D eigenvalue weighted by molar-refractivity contribution is -0.117. The van der Waals surface area contributed by atoms with Crippen LogP contribution in [0.25, 0.3) is 0 Å². The van der Waals surface area contributed by atoms with Crippen molar-refractivity contribution < 1.29 is 13.2 Å². The zero-order valence-electron chi connectivity index (χ0n) is 9.74. The molecule has 1 aromatic rings. The van der Waals surface area contributed by atoms with Crippen LogP contribution in [-0.2, 0) is 21.4 Å². The SMILES string of the molecule is NCc1cccc(N2CC(S(N)(=O)=O)CC2=O)c1. The topological polar surface area (TPSA) is 106 Å². The molecule has 1 atom stereocenters. The Labute approximate surface area is 106 Å². The van der Waals surface area contributed by atoms with E-state index in [0.29, 0.717) is 12.2 Å². The molecule has 1 aliphatic rings. The third kappa shape index (κ3) is 2.53. The number of anilines is 1. The minimum atomic E-state index is -3.68. The van der Waals surface area contributed by atoms with Crippen LogP contribution in [-0.4, -0.2) is 26.1 Å². The Balaban J connectivity index is 2.27. The highest BCUT2D eigenvalue weighted by molar-refractivity contribution is 7.89. The Morgan fingerprint density at radius 2 is 2.11 bits per heavy atom. The number of carbonyl (C=O) groups excluding carboxylic acids is 1. The van der Waals surface area contributed by atoms with Gasteiger partial charge in [0, 0.05) is 25.2 Å². The molecule has 0 bridgehead atoms. The lowest BCUT2D eigenvalue weighted by Crippen LogP contribution is -2.32. The van der Waals surface area contributed by atoms with E-state index in [-0.39, 0.29) is 18.9 Å². The predicted octanol–water partition coefficient (Wildman–Crippen LogP) is -0.461. The number of amides is 1. The molecule has 1 saturated heterocycles. The highest BCUT2D eigenvalue weighted by Gasteiger charge is 2.37. The molecular formula is C11H15N3O3S. The smallest absolute Gasteiger partial charge is 0.228 e. The molecule has 0 aliphatic carbocycles. The van der Waals surface area contributed by atoms with E-state index in [1.807, 2.05) is 6.07 Å². The molecule has 0 radical (unpaired) electrons. The fourth-order valence-electron chi connectivity index (χ4n) is 2.00. The van der Waals surface area contributed by atoms with Crippen molar-refractivity contribution in [2.75, 3.05) is 11.4 Å². The number of primary sulfonamides is 1. The highest BCUT2D eigenvalue weighted by Crippen LogP contribution is 2.24. The summed E-state index contributed by atoms with van der Waals surface area (Å²) in [5.74, 6) is -0.233. The number of hydrogen-bond donors (Lipinski definition) is 2. The number of carbonyl (C=O) groups is 1. The average Bonchev–Trinajstić information content (AvgIpc) is 2.71. The first-order valence-electron chi connectivity index (χ1n) is 5.53. The summed E-state index contributed by atoms with van der Waals surface area (Å²) in [4.78, 5) is 13.2. The first-order chi connectivity index (χ1) is 8.41. The van der Waals surface area contributed by atoms with Gasteiger partial charge in [0.15, 0.2) is 0 Å². The average molecular weight is 269 g/mol. The predicted molar refractivity (Wildman–Crippen MR) is 68.2 cm³/mol. The quantitative estimate of drug-likeness (QED) is 0.774. The van der Waals surface area contributed by atoms with Crippen molar-refractivity contribution in [2.45, 2.75) is 18.2 Å². The normalized spacial score (nSPS) is 20.4. The van der Waals surface area contributed by atoms with Crippen LogP contribution in [0.2, 0.25) is 0 Å². The van der Waals surface area contributed by atoms with Gasteiger partial charge in [0.1, 0.15) is 5.25 Å². The number of benzene rings is 1. The van der Waals surface area contributed by atoms with Gasteiger partial charge in [-0.25, -0.2) is 13.6 Å².